The van der Waals surface area contributed by atoms with Crippen LogP contribution in [0.25, 0.3) is 0 Å². The van der Waals surface area contributed by atoms with E-state index in [0.717, 1.165) is 12.0 Å². The van der Waals surface area contributed by atoms with E-state index in [1.807, 2.05) is 11.9 Å². The van der Waals surface area contributed by atoms with E-state index in [-0.39, 0.29) is 0 Å². The molecule has 2 nitrogen and oxygen atoms in total. The van der Waals surface area contributed by atoms with E-state index in [0.29, 0.717) is 6.54 Å². The molecule has 0 aliphatic rings. The summed E-state index contributed by atoms with van der Waals surface area (Å²) < 4.78 is 0. The molecule has 1 aromatic rings. The van der Waals surface area contributed by atoms with Crippen molar-refractivity contribution in [2.45, 2.75) is 13.8 Å². The second-order valence-corrected chi connectivity index (χ2v) is 3.34. The molecule has 0 saturated heterocycles. The number of hydrogen-bond donors (Lipinski definition) is 0. The number of benzene rings is 1. The van der Waals surface area contributed by atoms with Crippen LogP contribution in [0.1, 0.15) is 11.1 Å². The molecule has 1 aromatic carbocycles. The van der Waals surface area contributed by atoms with Crippen molar-refractivity contribution in [2.24, 2.45) is 0 Å². The third-order valence-corrected chi connectivity index (χ3v) is 2.12. The number of aldehydes is 1. The first-order chi connectivity index (χ1) is 6.15. The summed E-state index contributed by atoms with van der Waals surface area (Å²) in [5.74, 6) is 0. The number of anilines is 1. The van der Waals surface area contributed by atoms with Gasteiger partial charge in [-0.2, -0.15) is 0 Å². The Morgan fingerprint density at radius 1 is 1.38 bits per heavy atom. The van der Waals surface area contributed by atoms with Crippen LogP contribution in [0.15, 0.2) is 18.2 Å². The number of likely N-dealkylation sites (N-methyl/N-ethyl adjacent to an activating group) is 1. The maximum atomic E-state index is 10.3. The van der Waals surface area contributed by atoms with Crippen molar-refractivity contribution in [1.29, 1.82) is 0 Å². The molecular formula is C11H15NO. The topological polar surface area (TPSA) is 20.3 Å². The molecule has 0 saturated carbocycles. The van der Waals surface area contributed by atoms with Crippen LogP contribution < -0.4 is 4.90 Å². The minimum Gasteiger partial charge on any atom is -0.367 e. The van der Waals surface area contributed by atoms with E-state index >= 15 is 0 Å². The Morgan fingerprint density at radius 3 is 2.69 bits per heavy atom. The number of nitrogens with zero attached hydrogens (tertiary/aromatic N) is 1. The first-order valence-corrected chi connectivity index (χ1v) is 4.37. The first-order valence-electron chi connectivity index (χ1n) is 4.37. The fourth-order valence-electron chi connectivity index (χ4n) is 1.34. The second kappa shape index (κ2) is 4.08. The molecule has 0 unspecified atom stereocenters. The zero-order chi connectivity index (χ0) is 9.84. The van der Waals surface area contributed by atoms with Gasteiger partial charge in [0.2, 0.25) is 0 Å². The summed E-state index contributed by atoms with van der Waals surface area (Å²) in [6.45, 7) is 4.55. The van der Waals surface area contributed by atoms with Crippen LogP contribution in [0.3, 0.4) is 0 Å². The molecule has 0 bridgehead atoms. The van der Waals surface area contributed by atoms with Gasteiger partial charge in [0.05, 0.1) is 6.54 Å². The Labute approximate surface area is 79.2 Å². The molecule has 0 N–H and O–H groups in total. The van der Waals surface area contributed by atoms with Crippen LogP contribution in [-0.4, -0.2) is 19.9 Å². The van der Waals surface area contributed by atoms with Gasteiger partial charge in [0, 0.05) is 12.7 Å². The van der Waals surface area contributed by atoms with E-state index in [4.69, 9.17) is 0 Å². The summed E-state index contributed by atoms with van der Waals surface area (Å²) in [6.07, 6.45) is 0.918. The van der Waals surface area contributed by atoms with Crippen molar-refractivity contribution in [3.8, 4) is 0 Å². The van der Waals surface area contributed by atoms with Gasteiger partial charge in [-0.15, -0.1) is 0 Å². The Hall–Kier alpha value is -1.31. The smallest absolute Gasteiger partial charge is 0.139 e. The van der Waals surface area contributed by atoms with Crippen LogP contribution in [0.5, 0.6) is 0 Å². The zero-order valence-corrected chi connectivity index (χ0v) is 8.37. The molecule has 0 atom stereocenters. The molecular weight excluding hydrogens is 162 g/mol. The third kappa shape index (κ3) is 2.31. The van der Waals surface area contributed by atoms with Crippen molar-refractivity contribution in [2.75, 3.05) is 18.5 Å². The van der Waals surface area contributed by atoms with Crippen LogP contribution in [-0.2, 0) is 4.79 Å². The summed E-state index contributed by atoms with van der Waals surface area (Å²) >= 11 is 0. The zero-order valence-electron chi connectivity index (χ0n) is 8.37. The second-order valence-electron chi connectivity index (χ2n) is 3.34. The lowest BCUT2D eigenvalue weighted by molar-refractivity contribution is -0.106. The average molecular weight is 177 g/mol. The predicted molar refractivity (Wildman–Crippen MR) is 55.3 cm³/mol. The largest absolute Gasteiger partial charge is 0.367 e. The number of carbonyl (C=O) groups is 1. The normalized spacial score (nSPS) is 9.77. The van der Waals surface area contributed by atoms with Crippen molar-refractivity contribution in [3.05, 3.63) is 29.3 Å². The fraction of sp³-hybridized carbons (Fsp3) is 0.364. The average Bonchev–Trinajstić information content (AvgIpc) is 2.09. The van der Waals surface area contributed by atoms with Gasteiger partial charge in [0.15, 0.2) is 0 Å². The van der Waals surface area contributed by atoms with Gasteiger partial charge in [0.25, 0.3) is 0 Å². The molecule has 0 spiro atoms. The quantitative estimate of drug-likeness (QED) is 0.658. The Kier molecular flexibility index (Phi) is 3.07. The molecule has 1 rings (SSSR count). The van der Waals surface area contributed by atoms with Gasteiger partial charge in [-0.3, -0.25) is 0 Å². The van der Waals surface area contributed by atoms with E-state index < -0.39 is 0 Å². The van der Waals surface area contributed by atoms with E-state index in [9.17, 15) is 4.79 Å². The van der Waals surface area contributed by atoms with Gasteiger partial charge in [-0.25, -0.2) is 0 Å². The Bertz CT molecular complexity index is 307. The highest BCUT2D eigenvalue weighted by Gasteiger charge is 2.03. The monoisotopic (exact) mass is 177 g/mol. The predicted octanol–water partition coefficient (Wildman–Crippen LogP) is 1.94. The van der Waals surface area contributed by atoms with Crippen LogP contribution in [0.2, 0.25) is 0 Å². The molecule has 13 heavy (non-hydrogen) atoms. The maximum Gasteiger partial charge on any atom is 0.139 e. The van der Waals surface area contributed by atoms with Crippen molar-refractivity contribution < 1.29 is 4.79 Å². The highest BCUT2D eigenvalue weighted by Crippen LogP contribution is 2.19. The Balaban J connectivity index is 2.97. The van der Waals surface area contributed by atoms with Gasteiger partial charge in [-0.05, 0) is 31.0 Å². The standard InChI is InChI=1S/C11H15NO/c1-9-4-5-10(2)11(8-9)12(3)6-7-13/h4-5,7-8H,6H2,1-3H3. The molecule has 0 aliphatic heterocycles. The minimum absolute atomic E-state index is 0.449. The lowest BCUT2D eigenvalue weighted by Gasteiger charge is -2.18. The van der Waals surface area contributed by atoms with Gasteiger partial charge in [-0.1, -0.05) is 12.1 Å². The van der Waals surface area contributed by atoms with E-state index in [1.165, 1.54) is 11.1 Å². The minimum atomic E-state index is 0.449. The van der Waals surface area contributed by atoms with Gasteiger partial charge in [0.1, 0.15) is 6.29 Å². The lowest BCUT2D eigenvalue weighted by Crippen LogP contribution is -2.20. The molecule has 0 aliphatic carbocycles. The summed E-state index contributed by atoms with van der Waals surface area (Å²) in [4.78, 5) is 12.3. The van der Waals surface area contributed by atoms with E-state index in [1.54, 1.807) is 0 Å². The summed E-state index contributed by atoms with van der Waals surface area (Å²) in [6, 6.07) is 6.25. The van der Waals surface area contributed by atoms with Crippen molar-refractivity contribution in [3.63, 3.8) is 0 Å². The molecule has 0 heterocycles. The number of rotatable bonds is 3. The molecule has 70 valence electrons. The Morgan fingerprint density at radius 2 is 2.08 bits per heavy atom. The van der Waals surface area contributed by atoms with Crippen LogP contribution >= 0.6 is 0 Å². The van der Waals surface area contributed by atoms with Crippen LogP contribution in [0.4, 0.5) is 5.69 Å². The maximum absolute atomic E-state index is 10.3. The summed E-state index contributed by atoms with van der Waals surface area (Å²) in [5, 5.41) is 0. The van der Waals surface area contributed by atoms with Gasteiger partial charge < -0.3 is 9.69 Å². The lowest BCUT2D eigenvalue weighted by atomic mass is 10.1. The SMILES string of the molecule is Cc1ccc(C)c(N(C)CC=O)c1. The number of aryl methyl sites for hydroxylation is 2. The third-order valence-electron chi connectivity index (χ3n) is 2.12. The molecule has 0 radical (unpaired) electrons. The highest BCUT2D eigenvalue weighted by atomic mass is 16.1. The number of hydrogen-bond acceptors (Lipinski definition) is 2. The van der Waals surface area contributed by atoms with E-state index in [2.05, 4.69) is 32.0 Å². The number of carbonyl (C=O) groups excluding carboxylic acids is 1. The van der Waals surface area contributed by atoms with Crippen molar-refractivity contribution in [1.82, 2.24) is 0 Å². The van der Waals surface area contributed by atoms with Crippen LogP contribution in [0, 0.1) is 13.8 Å². The first kappa shape index (κ1) is 9.78. The molecule has 0 amide bonds. The van der Waals surface area contributed by atoms with Gasteiger partial charge >= 0.3 is 0 Å². The molecule has 0 fully saturated rings. The van der Waals surface area contributed by atoms with Crippen molar-refractivity contribution >= 4 is 12.0 Å². The summed E-state index contributed by atoms with van der Waals surface area (Å²) in [5.41, 5.74) is 3.56. The summed E-state index contributed by atoms with van der Waals surface area (Å²) in [7, 11) is 1.93. The molecule has 2 heteroatoms. The highest BCUT2D eigenvalue weighted by molar-refractivity contribution is 5.63. The fourth-order valence-corrected chi connectivity index (χ4v) is 1.34. The molecule has 0 aromatic heterocycles.